The zero-order valence-electron chi connectivity index (χ0n) is 29.1. The standard InChI is InChI=1S/C39H48ClN3O6S/c1-26-6-4-13-39(47-3,24-42-14-16-48-17-15-42)35-20-30-21-38(30,35)23-43-22-37(12-5-7-28-18-31(40)9-10-32(28)37)25-49-34-11-8-29(19-33(34)43)36(44)41-50(45,46)27(26)2/h4,8-11,13,18-19,27,30,35H,1,5-7,12,14-17,20-25H2,2-3H3,(H,41,44)/b13-4+/t27-,30?,35-,37+,38?,39-/m1/s1. The number of morpholine rings is 1. The molecule has 9 nitrogen and oxygen atoms in total. The van der Waals surface area contributed by atoms with Crippen LogP contribution < -0.4 is 14.4 Å². The van der Waals surface area contributed by atoms with Gasteiger partial charge in [-0.3, -0.25) is 9.69 Å². The van der Waals surface area contributed by atoms with Crippen LogP contribution in [0.1, 0.15) is 60.5 Å². The number of amides is 1. The van der Waals surface area contributed by atoms with Crippen molar-refractivity contribution in [1.29, 1.82) is 0 Å². The molecule has 1 amide bonds. The number of fused-ring (bicyclic) bond motifs is 3. The molecule has 2 bridgehead atoms. The second-order valence-electron chi connectivity index (χ2n) is 15.6. The van der Waals surface area contributed by atoms with Crippen molar-refractivity contribution in [3.8, 4) is 5.75 Å². The van der Waals surface area contributed by atoms with Crippen LogP contribution in [-0.4, -0.2) is 89.7 Å². The van der Waals surface area contributed by atoms with Crippen molar-refractivity contribution in [2.24, 2.45) is 17.3 Å². The second kappa shape index (κ2) is 12.7. The van der Waals surface area contributed by atoms with Gasteiger partial charge in [0.1, 0.15) is 11.4 Å². The number of nitrogens with zero attached hydrogens (tertiary/aromatic N) is 2. The molecule has 3 heterocycles. The van der Waals surface area contributed by atoms with E-state index in [9.17, 15) is 13.2 Å². The summed E-state index contributed by atoms with van der Waals surface area (Å²) >= 11 is 6.49. The van der Waals surface area contributed by atoms with Crippen molar-refractivity contribution in [2.75, 3.05) is 64.6 Å². The fourth-order valence-electron chi connectivity index (χ4n) is 9.82. The number of carbonyl (C=O) groups excluding carboxylic acids is 1. The summed E-state index contributed by atoms with van der Waals surface area (Å²) in [4.78, 5) is 18.5. The first-order chi connectivity index (χ1) is 24.0. The number of ether oxygens (including phenoxy) is 3. The van der Waals surface area contributed by atoms with Crippen molar-refractivity contribution in [1.82, 2.24) is 9.62 Å². The molecule has 6 aliphatic rings. The van der Waals surface area contributed by atoms with E-state index in [1.807, 2.05) is 31.4 Å². The van der Waals surface area contributed by atoms with Crippen LogP contribution in [0.25, 0.3) is 0 Å². The van der Waals surface area contributed by atoms with Crippen LogP contribution in [0, 0.1) is 17.3 Å². The zero-order chi connectivity index (χ0) is 34.9. The molecule has 2 saturated carbocycles. The molecule has 11 heteroatoms. The molecule has 8 rings (SSSR count). The third-order valence-electron chi connectivity index (χ3n) is 12.9. The minimum atomic E-state index is -4.05. The van der Waals surface area contributed by atoms with Gasteiger partial charge in [0.15, 0.2) is 0 Å². The molecule has 1 saturated heterocycles. The maximum atomic E-state index is 13.6. The van der Waals surface area contributed by atoms with Gasteiger partial charge in [0.25, 0.3) is 5.91 Å². The number of anilines is 1. The third-order valence-corrected chi connectivity index (χ3v) is 14.8. The van der Waals surface area contributed by atoms with Crippen LogP contribution in [0.5, 0.6) is 5.75 Å². The number of benzene rings is 2. The monoisotopic (exact) mass is 721 g/mol. The van der Waals surface area contributed by atoms with E-state index in [0.29, 0.717) is 43.5 Å². The lowest BCUT2D eigenvalue weighted by Crippen LogP contribution is -2.59. The van der Waals surface area contributed by atoms with E-state index in [4.69, 9.17) is 25.8 Å². The Morgan fingerprint density at radius 3 is 2.72 bits per heavy atom. The number of aryl methyl sites for hydroxylation is 1. The molecule has 50 heavy (non-hydrogen) atoms. The molecule has 2 aromatic rings. The Labute approximate surface area is 301 Å². The Morgan fingerprint density at radius 2 is 1.96 bits per heavy atom. The van der Waals surface area contributed by atoms with Gasteiger partial charge in [-0.15, -0.1) is 0 Å². The van der Waals surface area contributed by atoms with Crippen molar-refractivity contribution >= 4 is 33.2 Å². The SMILES string of the molecule is C=C1C/C=C/[C@](CN2CCOCC2)(OC)[C@@H]2CC3CC32CN2C[C@@]3(CCCc4cc(Cl)ccc43)COc3ccc(cc32)C(=O)NS(=O)(=O)[C@@H]1C. The molecule has 0 aromatic heterocycles. The van der Waals surface area contributed by atoms with Gasteiger partial charge in [-0.2, -0.15) is 0 Å². The Kier molecular flexibility index (Phi) is 8.66. The Hall–Kier alpha value is -2.89. The average Bonchev–Trinajstić information content (AvgIpc) is 3.70. The molecule has 3 aliphatic heterocycles. The molecular weight excluding hydrogens is 674 g/mol. The third kappa shape index (κ3) is 5.79. The van der Waals surface area contributed by atoms with E-state index >= 15 is 0 Å². The number of hydrogen-bond donors (Lipinski definition) is 1. The summed E-state index contributed by atoms with van der Waals surface area (Å²) in [5.41, 5.74) is 3.35. The van der Waals surface area contributed by atoms with Crippen LogP contribution in [0.15, 0.2) is 60.7 Å². The minimum absolute atomic E-state index is 0.0237. The molecule has 3 fully saturated rings. The first-order valence-electron chi connectivity index (χ1n) is 18.0. The zero-order valence-corrected chi connectivity index (χ0v) is 30.7. The van der Waals surface area contributed by atoms with E-state index < -0.39 is 26.8 Å². The maximum absolute atomic E-state index is 13.6. The summed E-state index contributed by atoms with van der Waals surface area (Å²) in [6.45, 7) is 11.6. The lowest BCUT2D eigenvalue weighted by molar-refractivity contribution is -0.106. The topological polar surface area (TPSA) is 97.4 Å². The molecule has 3 aliphatic carbocycles. The predicted molar refractivity (Wildman–Crippen MR) is 195 cm³/mol. The molecule has 2 aromatic carbocycles. The molecule has 2 spiro atoms. The summed E-state index contributed by atoms with van der Waals surface area (Å²) in [7, 11) is -2.22. The maximum Gasteiger partial charge on any atom is 0.264 e. The van der Waals surface area contributed by atoms with Crippen LogP contribution in [-0.2, 0) is 31.3 Å². The van der Waals surface area contributed by atoms with Crippen LogP contribution in [0.3, 0.4) is 0 Å². The number of methoxy groups -OCH3 is 1. The number of hydrogen-bond acceptors (Lipinski definition) is 8. The first kappa shape index (κ1) is 34.2. The highest BCUT2D eigenvalue weighted by atomic mass is 35.5. The number of allylic oxidation sites excluding steroid dienone is 1. The van der Waals surface area contributed by atoms with Crippen molar-refractivity contribution in [3.05, 3.63) is 82.4 Å². The largest absolute Gasteiger partial charge is 0.490 e. The number of carbonyl (C=O) groups is 1. The Bertz CT molecular complexity index is 1840. The lowest BCUT2D eigenvalue weighted by atomic mass is 9.63. The van der Waals surface area contributed by atoms with Gasteiger partial charge >= 0.3 is 0 Å². The fourth-order valence-corrected chi connectivity index (χ4v) is 11.1. The fraction of sp³-hybridized carbons (Fsp3) is 0.564. The van der Waals surface area contributed by atoms with Crippen LogP contribution in [0.4, 0.5) is 5.69 Å². The molecule has 0 radical (unpaired) electrons. The first-order valence-corrected chi connectivity index (χ1v) is 20.0. The van der Waals surface area contributed by atoms with Gasteiger partial charge in [-0.05, 0) is 98.2 Å². The van der Waals surface area contributed by atoms with Crippen LogP contribution >= 0.6 is 11.6 Å². The Balaban J connectivity index is 1.24. The van der Waals surface area contributed by atoms with E-state index in [-0.39, 0.29) is 22.3 Å². The predicted octanol–water partition coefficient (Wildman–Crippen LogP) is 5.52. The molecule has 268 valence electrons. The minimum Gasteiger partial charge on any atom is -0.490 e. The lowest BCUT2D eigenvalue weighted by Gasteiger charge is -2.52. The number of halogens is 1. The van der Waals surface area contributed by atoms with E-state index in [0.717, 1.165) is 75.5 Å². The van der Waals surface area contributed by atoms with Gasteiger partial charge in [0, 0.05) is 61.8 Å². The van der Waals surface area contributed by atoms with Crippen LogP contribution in [0.2, 0.25) is 5.02 Å². The van der Waals surface area contributed by atoms with E-state index in [1.165, 1.54) is 11.1 Å². The molecule has 2 unspecified atom stereocenters. The number of rotatable bonds is 3. The van der Waals surface area contributed by atoms with Crippen molar-refractivity contribution in [3.63, 3.8) is 0 Å². The highest BCUT2D eigenvalue weighted by molar-refractivity contribution is 7.90. The smallest absolute Gasteiger partial charge is 0.264 e. The van der Waals surface area contributed by atoms with Gasteiger partial charge in [0.05, 0.1) is 30.8 Å². The summed E-state index contributed by atoms with van der Waals surface area (Å²) < 4.78 is 48.4. The highest BCUT2D eigenvalue weighted by Gasteiger charge is 2.73. The highest BCUT2D eigenvalue weighted by Crippen LogP contribution is 2.74. The van der Waals surface area contributed by atoms with Crippen molar-refractivity contribution in [2.45, 2.75) is 61.7 Å². The van der Waals surface area contributed by atoms with Gasteiger partial charge < -0.3 is 19.1 Å². The second-order valence-corrected chi connectivity index (χ2v) is 18.1. The van der Waals surface area contributed by atoms with Gasteiger partial charge in [-0.1, -0.05) is 42.0 Å². The van der Waals surface area contributed by atoms with Crippen molar-refractivity contribution < 1.29 is 27.4 Å². The molecular formula is C39H48ClN3O6S. The Morgan fingerprint density at radius 1 is 1.14 bits per heavy atom. The quantitative estimate of drug-likeness (QED) is 0.414. The van der Waals surface area contributed by atoms with Gasteiger partial charge in [-0.25, -0.2) is 13.1 Å². The van der Waals surface area contributed by atoms with E-state index in [1.54, 1.807) is 13.0 Å². The summed E-state index contributed by atoms with van der Waals surface area (Å²) in [6.07, 6.45) is 9.76. The van der Waals surface area contributed by atoms with Gasteiger partial charge in [0.2, 0.25) is 10.0 Å². The number of sulfonamides is 1. The summed E-state index contributed by atoms with van der Waals surface area (Å²) in [6, 6.07) is 11.6. The molecule has 6 atom stereocenters. The molecule has 1 N–H and O–H groups in total. The van der Waals surface area contributed by atoms with E-state index in [2.05, 4.69) is 39.3 Å². The normalized spacial score (nSPS) is 35.7. The summed E-state index contributed by atoms with van der Waals surface area (Å²) in [5, 5.41) is -0.225. The summed E-state index contributed by atoms with van der Waals surface area (Å²) in [5.74, 6) is 0.894. The number of nitrogens with one attached hydrogen (secondary N) is 1. The average molecular weight is 722 g/mol.